The number of pyridine rings is 1. The number of carbonyl (C=O) groups is 2. The lowest BCUT2D eigenvalue weighted by Gasteiger charge is -2.19. The van der Waals surface area contributed by atoms with E-state index in [9.17, 15) is 9.59 Å². The van der Waals surface area contributed by atoms with Crippen molar-refractivity contribution in [3.05, 3.63) is 59.9 Å². The number of carboxylic acid groups (broad SMARTS) is 1. The van der Waals surface area contributed by atoms with Gasteiger partial charge in [-0.2, -0.15) is 0 Å². The molecular formula is C20H21N3O4. The van der Waals surface area contributed by atoms with Crippen LogP contribution in [0.1, 0.15) is 36.7 Å². The average molecular weight is 367 g/mol. The highest BCUT2D eigenvalue weighted by Gasteiger charge is 2.15. The van der Waals surface area contributed by atoms with Gasteiger partial charge < -0.3 is 19.6 Å². The molecule has 3 aromatic rings. The largest absolute Gasteiger partial charge is 0.478 e. The molecule has 3 rings (SSSR count). The molecule has 0 fully saturated rings. The van der Waals surface area contributed by atoms with Crippen LogP contribution in [0.15, 0.2) is 48.8 Å². The van der Waals surface area contributed by atoms with Gasteiger partial charge in [0.15, 0.2) is 0 Å². The fourth-order valence-corrected chi connectivity index (χ4v) is 2.55. The number of ether oxygens (including phenoxy) is 1. The van der Waals surface area contributed by atoms with Crippen LogP contribution in [0.5, 0.6) is 0 Å². The molecule has 0 spiro atoms. The van der Waals surface area contributed by atoms with E-state index in [1.54, 1.807) is 24.3 Å². The van der Waals surface area contributed by atoms with E-state index in [1.807, 2.05) is 49.7 Å². The summed E-state index contributed by atoms with van der Waals surface area (Å²) in [6.07, 6.45) is 3.27. The third-order valence-corrected chi connectivity index (χ3v) is 3.79. The van der Waals surface area contributed by atoms with Crippen LogP contribution in [0.3, 0.4) is 0 Å². The lowest BCUT2D eigenvalue weighted by Crippen LogP contribution is -2.32. The monoisotopic (exact) mass is 367 g/mol. The van der Waals surface area contributed by atoms with E-state index >= 15 is 0 Å². The quantitative estimate of drug-likeness (QED) is 0.733. The molecule has 7 heteroatoms. The Labute approximate surface area is 156 Å². The zero-order chi connectivity index (χ0) is 19.6. The van der Waals surface area contributed by atoms with Gasteiger partial charge in [-0.15, -0.1) is 0 Å². The summed E-state index contributed by atoms with van der Waals surface area (Å²) >= 11 is 0. The number of imidazole rings is 1. The maximum atomic E-state index is 11.8. The van der Waals surface area contributed by atoms with Gasteiger partial charge in [-0.1, -0.05) is 12.1 Å². The minimum Gasteiger partial charge on any atom is -0.478 e. The van der Waals surface area contributed by atoms with Crippen molar-refractivity contribution in [3.8, 4) is 11.3 Å². The van der Waals surface area contributed by atoms with Crippen LogP contribution in [0.2, 0.25) is 0 Å². The van der Waals surface area contributed by atoms with E-state index in [-0.39, 0.29) is 5.56 Å². The van der Waals surface area contributed by atoms with E-state index in [2.05, 4.69) is 10.3 Å². The van der Waals surface area contributed by atoms with E-state index in [1.165, 1.54) is 0 Å². The molecule has 27 heavy (non-hydrogen) atoms. The third-order valence-electron chi connectivity index (χ3n) is 3.79. The van der Waals surface area contributed by atoms with Crippen molar-refractivity contribution < 1.29 is 19.4 Å². The highest BCUT2D eigenvalue weighted by atomic mass is 16.6. The van der Waals surface area contributed by atoms with Crippen molar-refractivity contribution in [2.24, 2.45) is 0 Å². The van der Waals surface area contributed by atoms with Gasteiger partial charge in [0.2, 0.25) is 0 Å². The van der Waals surface area contributed by atoms with Gasteiger partial charge in [0.05, 0.1) is 11.3 Å². The molecule has 1 amide bonds. The first kappa shape index (κ1) is 18.4. The van der Waals surface area contributed by atoms with Crippen molar-refractivity contribution in [1.29, 1.82) is 0 Å². The highest BCUT2D eigenvalue weighted by Crippen LogP contribution is 2.20. The van der Waals surface area contributed by atoms with Gasteiger partial charge in [0.1, 0.15) is 11.2 Å². The van der Waals surface area contributed by atoms with Crippen LogP contribution < -0.4 is 5.32 Å². The number of hydrogen-bond donors (Lipinski definition) is 2. The predicted octanol–water partition coefficient (Wildman–Crippen LogP) is 3.72. The number of aromatic carboxylic acids is 1. The Hall–Kier alpha value is -3.35. The summed E-state index contributed by atoms with van der Waals surface area (Å²) in [6, 6.07) is 10.3. The summed E-state index contributed by atoms with van der Waals surface area (Å²) in [4.78, 5) is 27.3. The Morgan fingerprint density at radius 3 is 2.52 bits per heavy atom. The van der Waals surface area contributed by atoms with Crippen LogP contribution in [-0.4, -0.2) is 32.2 Å². The fraction of sp³-hybridized carbons (Fsp3) is 0.250. The fourth-order valence-electron chi connectivity index (χ4n) is 2.55. The summed E-state index contributed by atoms with van der Waals surface area (Å²) in [6.45, 7) is 5.77. The molecule has 0 aliphatic carbocycles. The van der Waals surface area contributed by atoms with Gasteiger partial charge in [-0.3, -0.25) is 0 Å². The molecule has 140 valence electrons. The van der Waals surface area contributed by atoms with Crippen LogP contribution in [0.25, 0.3) is 16.9 Å². The Bertz CT molecular complexity index is 985. The van der Waals surface area contributed by atoms with E-state index in [0.717, 1.165) is 22.5 Å². The summed E-state index contributed by atoms with van der Waals surface area (Å²) in [7, 11) is 0. The maximum Gasteiger partial charge on any atom is 0.407 e. The van der Waals surface area contributed by atoms with Crippen molar-refractivity contribution in [2.45, 2.75) is 32.9 Å². The first-order chi connectivity index (χ1) is 12.7. The smallest absolute Gasteiger partial charge is 0.407 e. The standard InChI is InChI=1S/C20H21N3O4/c1-20(2,3)27-19(26)21-11-13-8-9-23-12-16(22-17(23)10-13)14-4-6-15(7-5-14)18(24)25/h4-10,12H,11H2,1-3H3,(H,21,26)(H,24,25). The second-order valence-corrected chi connectivity index (χ2v) is 7.16. The second-order valence-electron chi connectivity index (χ2n) is 7.16. The summed E-state index contributed by atoms with van der Waals surface area (Å²) in [5, 5.41) is 11.7. The Kier molecular flexibility index (Phi) is 4.85. The zero-order valence-electron chi connectivity index (χ0n) is 15.4. The molecule has 2 heterocycles. The number of carbonyl (C=O) groups excluding carboxylic acids is 1. The van der Waals surface area contributed by atoms with Gasteiger partial charge >= 0.3 is 12.1 Å². The number of nitrogens with zero attached hydrogens (tertiary/aromatic N) is 2. The number of aromatic nitrogens is 2. The van der Waals surface area contributed by atoms with Gasteiger partial charge in [0, 0.05) is 24.5 Å². The topological polar surface area (TPSA) is 92.9 Å². The van der Waals surface area contributed by atoms with Crippen LogP contribution in [0.4, 0.5) is 4.79 Å². The number of hydrogen-bond acceptors (Lipinski definition) is 4. The van der Waals surface area contributed by atoms with E-state index < -0.39 is 17.7 Å². The van der Waals surface area contributed by atoms with Crippen molar-refractivity contribution >= 4 is 17.7 Å². The number of amides is 1. The minimum absolute atomic E-state index is 0.234. The van der Waals surface area contributed by atoms with Crippen LogP contribution in [0, 0.1) is 0 Å². The minimum atomic E-state index is -0.960. The molecule has 0 aliphatic rings. The Morgan fingerprint density at radius 2 is 1.89 bits per heavy atom. The Morgan fingerprint density at radius 1 is 1.19 bits per heavy atom. The first-order valence-corrected chi connectivity index (χ1v) is 8.49. The highest BCUT2D eigenvalue weighted by molar-refractivity contribution is 5.88. The van der Waals surface area contributed by atoms with E-state index in [0.29, 0.717) is 6.54 Å². The normalized spacial score (nSPS) is 11.4. The SMILES string of the molecule is CC(C)(C)OC(=O)NCc1ccn2cc(-c3ccc(C(=O)O)cc3)nc2c1. The summed E-state index contributed by atoms with van der Waals surface area (Å²) < 4.78 is 7.10. The van der Waals surface area contributed by atoms with Crippen molar-refractivity contribution in [3.63, 3.8) is 0 Å². The lowest BCUT2D eigenvalue weighted by molar-refractivity contribution is 0.0523. The molecule has 7 nitrogen and oxygen atoms in total. The van der Waals surface area contributed by atoms with Crippen LogP contribution in [-0.2, 0) is 11.3 Å². The van der Waals surface area contributed by atoms with Gasteiger partial charge in [0.25, 0.3) is 0 Å². The third kappa shape index (κ3) is 4.63. The first-order valence-electron chi connectivity index (χ1n) is 8.49. The number of carboxylic acids is 1. The zero-order valence-corrected chi connectivity index (χ0v) is 15.4. The predicted molar refractivity (Wildman–Crippen MR) is 101 cm³/mol. The number of benzene rings is 1. The summed E-state index contributed by atoms with van der Waals surface area (Å²) in [5.74, 6) is -0.960. The molecule has 2 aromatic heterocycles. The molecular weight excluding hydrogens is 346 g/mol. The maximum absolute atomic E-state index is 11.8. The molecule has 0 unspecified atom stereocenters. The number of fused-ring (bicyclic) bond motifs is 1. The number of nitrogens with one attached hydrogen (secondary N) is 1. The van der Waals surface area contributed by atoms with Crippen molar-refractivity contribution in [2.75, 3.05) is 0 Å². The molecule has 1 aromatic carbocycles. The molecule has 0 bridgehead atoms. The Balaban J connectivity index is 1.75. The molecule has 0 aliphatic heterocycles. The van der Waals surface area contributed by atoms with Crippen molar-refractivity contribution in [1.82, 2.24) is 14.7 Å². The molecule has 0 atom stereocenters. The molecule has 0 radical (unpaired) electrons. The van der Waals surface area contributed by atoms with Gasteiger partial charge in [-0.25, -0.2) is 14.6 Å². The second kappa shape index (κ2) is 7.11. The molecule has 0 saturated heterocycles. The van der Waals surface area contributed by atoms with Gasteiger partial charge in [-0.05, 0) is 50.6 Å². The van der Waals surface area contributed by atoms with E-state index in [4.69, 9.17) is 9.84 Å². The summed E-state index contributed by atoms with van der Waals surface area (Å²) in [5.41, 5.74) is 2.89. The number of alkyl carbamates (subject to hydrolysis) is 1. The lowest BCUT2D eigenvalue weighted by atomic mass is 10.1. The van der Waals surface area contributed by atoms with Crippen LogP contribution >= 0.6 is 0 Å². The molecule has 0 saturated carbocycles. The number of rotatable bonds is 4. The molecule has 2 N–H and O–H groups in total. The average Bonchev–Trinajstić information content (AvgIpc) is 3.02.